The summed E-state index contributed by atoms with van der Waals surface area (Å²) in [6.07, 6.45) is 1.37. The van der Waals surface area contributed by atoms with Crippen LogP contribution in [0.5, 0.6) is 0 Å². The van der Waals surface area contributed by atoms with Crippen LogP contribution in [0.15, 0.2) is 47.6 Å². The summed E-state index contributed by atoms with van der Waals surface area (Å²) in [6, 6.07) is 10.4. The number of nitrogens with zero attached hydrogens (tertiary/aromatic N) is 4. The van der Waals surface area contributed by atoms with E-state index >= 15 is 0 Å². The lowest BCUT2D eigenvalue weighted by molar-refractivity contribution is -0.385. The van der Waals surface area contributed by atoms with Crippen molar-refractivity contribution in [2.75, 3.05) is 31.2 Å². The van der Waals surface area contributed by atoms with Gasteiger partial charge in [-0.1, -0.05) is 0 Å². The van der Waals surface area contributed by atoms with Gasteiger partial charge in [-0.25, -0.2) is 5.43 Å². The number of hydrazone groups is 1. The molecule has 4 rings (SSSR count). The second-order valence-electron chi connectivity index (χ2n) is 6.89. The zero-order valence-corrected chi connectivity index (χ0v) is 17.4. The normalized spacial score (nSPS) is 14.1. The maximum Gasteiger partial charge on any atom is 0.281 e. The number of carbonyl (C=O) groups excluding carboxylic acids is 1. The van der Waals surface area contributed by atoms with E-state index in [0.717, 1.165) is 10.4 Å². The highest BCUT2D eigenvalue weighted by Gasteiger charge is 2.18. The number of hydrogen-bond acceptors (Lipinski definition) is 9. The summed E-state index contributed by atoms with van der Waals surface area (Å²) >= 11 is 1.18. The molecule has 0 radical (unpaired) electrons. The van der Waals surface area contributed by atoms with Gasteiger partial charge in [-0.05, 0) is 18.2 Å². The van der Waals surface area contributed by atoms with Crippen molar-refractivity contribution < 1.29 is 19.4 Å². The van der Waals surface area contributed by atoms with Crippen LogP contribution >= 0.6 is 11.3 Å². The van der Waals surface area contributed by atoms with Crippen LogP contribution in [0.25, 0.3) is 10.1 Å². The van der Waals surface area contributed by atoms with Gasteiger partial charge in [0.15, 0.2) is 0 Å². The highest BCUT2D eigenvalue weighted by molar-refractivity contribution is 7.20. The van der Waals surface area contributed by atoms with Crippen LogP contribution in [-0.4, -0.2) is 48.3 Å². The lowest BCUT2D eigenvalue weighted by atomic mass is 10.1. The van der Waals surface area contributed by atoms with Gasteiger partial charge in [0.1, 0.15) is 0 Å². The van der Waals surface area contributed by atoms with Crippen molar-refractivity contribution in [1.82, 2.24) is 5.43 Å². The van der Waals surface area contributed by atoms with E-state index in [2.05, 4.69) is 10.5 Å². The summed E-state index contributed by atoms with van der Waals surface area (Å²) < 4.78 is 6.09. The summed E-state index contributed by atoms with van der Waals surface area (Å²) in [5.41, 5.74) is 3.53. The number of carbonyl (C=O) groups is 1. The van der Waals surface area contributed by atoms with Crippen LogP contribution in [0.1, 0.15) is 15.2 Å². The third-order valence-electron chi connectivity index (χ3n) is 4.88. The Kier molecular flexibility index (Phi) is 6.05. The average molecular weight is 455 g/mol. The molecule has 32 heavy (non-hydrogen) atoms. The first-order valence-corrected chi connectivity index (χ1v) is 10.4. The molecule has 1 amide bonds. The minimum absolute atomic E-state index is 0.0541. The lowest BCUT2D eigenvalue weighted by Crippen LogP contribution is -2.36. The van der Waals surface area contributed by atoms with E-state index in [4.69, 9.17) is 4.74 Å². The number of fused-ring (bicyclic) bond motifs is 1. The molecule has 1 aliphatic rings. The summed E-state index contributed by atoms with van der Waals surface area (Å²) in [5, 5.41) is 26.7. The van der Waals surface area contributed by atoms with Crippen LogP contribution in [-0.2, 0) is 4.74 Å². The summed E-state index contributed by atoms with van der Waals surface area (Å²) in [6.45, 7) is 2.38. The first-order valence-electron chi connectivity index (χ1n) is 9.55. The zero-order valence-electron chi connectivity index (χ0n) is 16.6. The van der Waals surface area contributed by atoms with E-state index in [1.165, 1.54) is 41.8 Å². The smallest absolute Gasteiger partial charge is 0.281 e. The predicted molar refractivity (Wildman–Crippen MR) is 120 cm³/mol. The average Bonchev–Trinajstić information content (AvgIpc) is 3.23. The van der Waals surface area contributed by atoms with Crippen molar-refractivity contribution in [2.24, 2.45) is 5.10 Å². The van der Waals surface area contributed by atoms with E-state index in [1.807, 2.05) is 4.90 Å². The molecule has 1 saturated heterocycles. The molecule has 3 aromatic rings. The molecule has 164 valence electrons. The lowest BCUT2D eigenvalue weighted by Gasteiger charge is -2.29. The molecule has 11 nitrogen and oxygen atoms in total. The number of rotatable bonds is 6. The topological polar surface area (TPSA) is 140 Å². The number of nitrogens with one attached hydrogen (secondary N) is 1. The fraction of sp³-hybridized carbons (Fsp3) is 0.200. The van der Waals surface area contributed by atoms with Gasteiger partial charge in [-0.3, -0.25) is 25.0 Å². The largest absolute Gasteiger partial charge is 0.378 e. The predicted octanol–water partition coefficient (Wildman–Crippen LogP) is 3.32. The molecule has 1 aliphatic heterocycles. The maximum absolute atomic E-state index is 12.5. The Balaban J connectivity index is 1.54. The van der Waals surface area contributed by atoms with Gasteiger partial charge in [0.25, 0.3) is 17.3 Å². The van der Waals surface area contributed by atoms with E-state index in [-0.39, 0.29) is 11.4 Å². The van der Waals surface area contributed by atoms with Crippen LogP contribution in [0.2, 0.25) is 0 Å². The van der Waals surface area contributed by atoms with Gasteiger partial charge in [-0.2, -0.15) is 5.10 Å². The van der Waals surface area contributed by atoms with E-state index in [9.17, 15) is 25.0 Å². The molecule has 1 fully saturated rings. The fourth-order valence-electron chi connectivity index (χ4n) is 3.32. The summed E-state index contributed by atoms with van der Waals surface area (Å²) in [5.74, 6) is -0.483. The summed E-state index contributed by atoms with van der Waals surface area (Å²) in [4.78, 5) is 36.0. The number of morpholine rings is 1. The number of thiophene rings is 1. The molecule has 1 N–H and O–H groups in total. The molecule has 2 aromatic carbocycles. The van der Waals surface area contributed by atoms with Crippen molar-refractivity contribution in [3.05, 3.63) is 73.1 Å². The molecule has 0 unspecified atom stereocenters. The van der Waals surface area contributed by atoms with Crippen molar-refractivity contribution in [3.63, 3.8) is 0 Å². The number of nitro groups is 2. The number of non-ortho nitro benzene ring substituents is 2. The van der Waals surface area contributed by atoms with Gasteiger partial charge in [0.05, 0.1) is 34.2 Å². The molecule has 12 heteroatoms. The number of anilines is 1. The molecule has 1 aromatic heterocycles. The monoisotopic (exact) mass is 455 g/mol. The van der Waals surface area contributed by atoms with Gasteiger partial charge in [-0.15, -0.1) is 11.3 Å². The zero-order chi connectivity index (χ0) is 22.7. The molecule has 0 atom stereocenters. The van der Waals surface area contributed by atoms with Crippen LogP contribution in [0.4, 0.5) is 17.1 Å². The minimum atomic E-state index is -0.494. The van der Waals surface area contributed by atoms with Crippen LogP contribution < -0.4 is 10.3 Å². The summed E-state index contributed by atoms with van der Waals surface area (Å²) in [7, 11) is 0. The molecule has 0 saturated carbocycles. The molecule has 0 aliphatic carbocycles. The number of hydrogen-bond donors (Lipinski definition) is 1. The quantitative estimate of drug-likeness (QED) is 0.341. The molecular formula is C20H17N5O6S. The number of amides is 1. The van der Waals surface area contributed by atoms with Gasteiger partial charge >= 0.3 is 0 Å². The standard InChI is InChI=1S/C20H17N5O6S/c26-20(19-11-13-9-16(25(29)30)2-4-18(13)32-19)22-21-12-14-10-15(24(27)28)1-3-17(14)23-5-7-31-8-6-23/h1-4,9-12H,5-8H2,(H,22,26). The Labute approximate surface area is 185 Å². The second-order valence-corrected chi connectivity index (χ2v) is 7.97. The SMILES string of the molecule is O=C(NN=Cc1cc([N+](=O)[O-])ccc1N1CCOCC1)c1cc2cc([N+](=O)[O-])ccc2s1. The first-order chi connectivity index (χ1) is 15.4. The number of nitro benzene ring substituents is 2. The third kappa shape index (κ3) is 4.55. The number of benzene rings is 2. The van der Waals surface area contributed by atoms with Gasteiger partial charge in [0.2, 0.25) is 0 Å². The van der Waals surface area contributed by atoms with Crippen LogP contribution in [0, 0.1) is 20.2 Å². The Morgan fingerprint density at radius 3 is 2.47 bits per heavy atom. The van der Waals surface area contributed by atoms with Crippen molar-refractivity contribution in [3.8, 4) is 0 Å². The molecule has 0 bridgehead atoms. The van der Waals surface area contributed by atoms with Crippen molar-refractivity contribution in [2.45, 2.75) is 0 Å². The van der Waals surface area contributed by atoms with Gasteiger partial charge in [0, 0.05) is 58.7 Å². The highest BCUT2D eigenvalue weighted by atomic mass is 32.1. The third-order valence-corrected chi connectivity index (χ3v) is 5.99. The van der Waals surface area contributed by atoms with Crippen LogP contribution in [0.3, 0.4) is 0 Å². The molecular weight excluding hydrogens is 438 g/mol. The molecule has 2 heterocycles. The number of ether oxygens (including phenoxy) is 1. The van der Waals surface area contributed by atoms with E-state index in [1.54, 1.807) is 18.2 Å². The fourth-order valence-corrected chi connectivity index (χ4v) is 4.26. The second kappa shape index (κ2) is 9.08. The Morgan fingerprint density at radius 1 is 1.06 bits per heavy atom. The Hall–Kier alpha value is -3.90. The Morgan fingerprint density at radius 2 is 1.75 bits per heavy atom. The Bertz CT molecular complexity index is 1230. The van der Waals surface area contributed by atoms with E-state index in [0.29, 0.717) is 42.1 Å². The highest BCUT2D eigenvalue weighted by Crippen LogP contribution is 2.29. The van der Waals surface area contributed by atoms with E-state index < -0.39 is 15.8 Å². The van der Waals surface area contributed by atoms with Crippen molar-refractivity contribution >= 4 is 50.6 Å². The van der Waals surface area contributed by atoms with Crippen molar-refractivity contribution in [1.29, 1.82) is 0 Å². The maximum atomic E-state index is 12.5. The molecule has 0 spiro atoms. The first kappa shape index (κ1) is 21.3. The minimum Gasteiger partial charge on any atom is -0.378 e. The van der Waals surface area contributed by atoms with Gasteiger partial charge < -0.3 is 9.64 Å².